The molecular formula is C15H17N3O6S. The summed E-state index contributed by atoms with van der Waals surface area (Å²) in [5, 5.41) is 2.52. The van der Waals surface area contributed by atoms with Crippen molar-refractivity contribution in [3.63, 3.8) is 0 Å². The van der Waals surface area contributed by atoms with Gasteiger partial charge in [0.15, 0.2) is 0 Å². The van der Waals surface area contributed by atoms with Crippen LogP contribution in [0.25, 0.3) is 0 Å². The number of aryl methyl sites for hydroxylation is 1. The van der Waals surface area contributed by atoms with Gasteiger partial charge in [0.25, 0.3) is 15.9 Å². The van der Waals surface area contributed by atoms with Gasteiger partial charge in [0.05, 0.1) is 29.5 Å². The van der Waals surface area contributed by atoms with Crippen LogP contribution in [-0.4, -0.2) is 27.3 Å². The Hall–Kier alpha value is -2.85. The molecule has 0 aliphatic rings. The minimum atomic E-state index is -4.04. The van der Waals surface area contributed by atoms with Crippen LogP contribution in [-0.2, 0) is 14.8 Å². The lowest BCUT2D eigenvalue weighted by Crippen LogP contribution is -2.41. The molecule has 9 nitrogen and oxygen atoms in total. The molecule has 0 spiro atoms. The second-order valence-corrected chi connectivity index (χ2v) is 6.68. The SMILES string of the molecule is COc1cc(S(=O)(=O)NNC(=O)c2ccoc2C)ccc1NC(C)=O. The van der Waals surface area contributed by atoms with Crippen LogP contribution < -0.4 is 20.3 Å². The van der Waals surface area contributed by atoms with E-state index in [1.54, 1.807) is 6.92 Å². The van der Waals surface area contributed by atoms with E-state index in [1.807, 2.05) is 4.83 Å². The van der Waals surface area contributed by atoms with Crippen LogP contribution >= 0.6 is 0 Å². The number of benzene rings is 1. The monoisotopic (exact) mass is 367 g/mol. The molecule has 0 atom stereocenters. The molecule has 1 aromatic heterocycles. The molecule has 10 heteroatoms. The number of carbonyl (C=O) groups excluding carboxylic acids is 2. The largest absolute Gasteiger partial charge is 0.495 e. The fourth-order valence-electron chi connectivity index (χ4n) is 1.99. The summed E-state index contributed by atoms with van der Waals surface area (Å²) < 4.78 is 34.7. The molecule has 0 aliphatic heterocycles. The first-order valence-electron chi connectivity index (χ1n) is 7.06. The van der Waals surface area contributed by atoms with Gasteiger partial charge in [-0.15, -0.1) is 4.83 Å². The molecule has 0 aliphatic carbocycles. The maximum atomic E-state index is 12.3. The first-order valence-corrected chi connectivity index (χ1v) is 8.55. The number of ether oxygens (including phenoxy) is 1. The van der Waals surface area contributed by atoms with E-state index in [-0.39, 0.29) is 22.1 Å². The van der Waals surface area contributed by atoms with Crippen molar-refractivity contribution < 1.29 is 27.2 Å². The summed E-state index contributed by atoms with van der Waals surface area (Å²) in [6.07, 6.45) is 1.32. The van der Waals surface area contributed by atoms with E-state index in [0.717, 1.165) is 0 Å². The van der Waals surface area contributed by atoms with Crippen molar-refractivity contribution in [2.45, 2.75) is 18.7 Å². The predicted molar refractivity (Wildman–Crippen MR) is 88.5 cm³/mol. The van der Waals surface area contributed by atoms with E-state index in [2.05, 4.69) is 10.7 Å². The molecule has 1 heterocycles. The molecule has 0 unspecified atom stereocenters. The summed E-state index contributed by atoms with van der Waals surface area (Å²) >= 11 is 0. The normalized spacial score (nSPS) is 11.0. The Kier molecular flexibility index (Phi) is 5.45. The first-order chi connectivity index (χ1) is 11.7. The van der Waals surface area contributed by atoms with Crippen LogP contribution in [0.15, 0.2) is 39.8 Å². The molecule has 0 fully saturated rings. The van der Waals surface area contributed by atoms with E-state index in [1.165, 1.54) is 44.6 Å². The van der Waals surface area contributed by atoms with Gasteiger partial charge in [0, 0.05) is 13.0 Å². The van der Waals surface area contributed by atoms with E-state index in [9.17, 15) is 18.0 Å². The number of nitrogens with one attached hydrogen (secondary N) is 3. The highest BCUT2D eigenvalue weighted by molar-refractivity contribution is 7.89. The number of hydrazine groups is 1. The molecular weight excluding hydrogens is 350 g/mol. The van der Waals surface area contributed by atoms with Gasteiger partial charge in [-0.3, -0.25) is 15.0 Å². The third-order valence-electron chi connectivity index (χ3n) is 3.20. The second-order valence-electron chi connectivity index (χ2n) is 4.99. The van der Waals surface area contributed by atoms with Gasteiger partial charge in [-0.2, -0.15) is 0 Å². The number of hydrogen-bond donors (Lipinski definition) is 3. The Morgan fingerprint density at radius 2 is 1.92 bits per heavy atom. The molecule has 0 bridgehead atoms. The molecule has 25 heavy (non-hydrogen) atoms. The average Bonchev–Trinajstić information content (AvgIpc) is 2.98. The van der Waals surface area contributed by atoms with Gasteiger partial charge in [0.1, 0.15) is 11.5 Å². The van der Waals surface area contributed by atoms with Crippen LogP contribution in [0, 0.1) is 6.92 Å². The zero-order valence-corrected chi connectivity index (χ0v) is 14.6. The lowest BCUT2D eigenvalue weighted by Gasteiger charge is -2.12. The first kappa shape index (κ1) is 18.5. The quantitative estimate of drug-likeness (QED) is 0.658. The van der Waals surface area contributed by atoms with Crippen molar-refractivity contribution in [1.29, 1.82) is 0 Å². The van der Waals surface area contributed by atoms with Crippen LogP contribution in [0.5, 0.6) is 5.75 Å². The Bertz CT molecular complexity index is 904. The van der Waals surface area contributed by atoms with Crippen molar-refractivity contribution >= 4 is 27.5 Å². The summed E-state index contributed by atoms with van der Waals surface area (Å²) in [6.45, 7) is 2.90. The van der Waals surface area contributed by atoms with Crippen molar-refractivity contribution in [3.05, 3.63) is 41.9 Å². The molecule has 0 radical (unpaired) electrons. The standard InChI is InChI=1S/C15H17N3O6S/c1-9-12(6-7-24-9)15(20)17-18-25(21,22)11-4-5-13(16-10(2)19)14(8-11)23-3/h4-8,18H,1-3H3,(H,16,19)(H,17,20). The minimum Gasteiger partial charge on any atom is -0.495 e. The number of rotatable bonds is 6. The third kappa shape index (κ3) is 4.37. The lowest BCUT2D eigenvalue weighted by atomic mass is 10.2. The molecule has 2 aromatic rings. The molecule has 1 aromatic carbocycles. The van der Waals surface area contributed by atoms with Gasteiger partial charge in [-0.05, 0) is 25.1 Å². The highest BCUT2D eigenvalue weighted by Crippen LogP contribution is 2.27. The lowest BCUT2D eigenvalue weighted by molar-refractivity contribution is -0.114. The Morgan fingerprint density at radius 3 is 2.48 bits per heavy atom. The van der Waals surface area contributed by atoms with Crippen LogP contribution in [0.1, 0.15) is 23.0 Å². The molecule has 0 saturated carbocycles. The van der Waals surface area contributed by atoms with Gasteiger partial charge < -0.3 is 14.5 Å². The van der Waals surface area contributed by atoms with Gasteiger partial charge in [-0.25, -0.2) is 8.42 Å². The summed E-state index contributed by atoms with van der Waals surface area (Å²) in [5.74, 6) is -0.459. The summed E-state index contributed by atoms with van der Waals surface area (Å²) in [7, 11) is -2.70. The smallest absolute Gasteiger partial charge is 0.269 e. The number of sulfonamides is 1. The highest BCUT2D eigenvalue weighted by Gasteiger charge is 2.19. The van der Waals surface area contributed by atoms with Crippen LogP contribution in [0.2, 0.25) is 0 Å². The zero-order valence-electron chi connectivity index (χ0n) is 13.7. The molecule has 0 saturated heterocycles. The van der Waals surface area contributed by atoms with Crippen LogP contribution in [0.3, 0.4) is 0 Å². The van der Waals surface area contributed by atoms with E-state index < -0.39 is 15.9 Å². The fourth-order valence-corrected chi connectivity index (χ4v) is 2.85. The molecule has 2 amide bonds. The number of carbonyl (C=O) groups is 2. The van der Waals surface area contributed by atoms with Gasteiger partial charge in [0.2, 0.25) is 5.91 Å². The summed E-state index contributed by atoms with van der Waals surface area (Å²) in [4.78, 5) is 24.9. The maximum absolute atomic E-state index is 12.3. The van der Waals surface area contributed by atoms with Crippen molar-refractivity contribution in [1.82, 2.24) is 10.3 Å². The summed E-state index contributed by atoms with van der Waals surface area (Å²) in [6, 6.07) is 5.30. The molecule has 3 N–H and O–H groups in total. The number of methoxy groups -OCH3 is 1. The Balaban J connectivity index is 2.17. The number of hydrogen-bond acceptors (Lipinski definition) is 6. The van der Waals surface area contributed by atoms with Crippen molar-refractivity contribution in [2.24, 2.45) is 0 Å². The van der Waals surface area contributed by atoms with Crippen molar-refractivity contribution in [3.8, 4) is 5.75 Å². The van der Waals surface area contributed by atoms with Gasteiger partial charge in [-0.1, -0.05) is 0 Å². The zero-order chi connectivity index (χ0) is 18.6. The summed E-state index contributed by atoms with van der Waals surface area (Å²) in [5.41, 5.74) is 2.64. The third-order valence-corrected chi connectivity index (χ3v) is 4.44. The topological polar surface area (TPSA) is 127 Å². The fraction of sp³-hybridized carbons (Fsp3) is 0.200. The number of furan rings is 1. The maximum Gasteiger partial charge on any atom is 0.269 e. The number of amides is 2. The van der Waals surface area contributed by atoms with E-state index in [0.29, 0.717) is 11.4 Å². The highest BCUT2D eigenvalue weighted by atomic mass is 32.2. The van der Waals surface area contributed by atoms with E-state index in [4.69, 9.17) is 9.15 Å². The minimum absolute atomic E-state index is 0.150. The van der Waals surface area contributed by atoms with Gasteiger partial charge >= 0.3 is 0 Å². The average molecular weight is 367 g/mol. The Morgan fingerprint density at radius 1 is 1.20 bits per heavy atom. The van der Waals surface area contributed by atoms with E-state index >= 15 is 0 Å². The number of anilines is 1. The Labute approximate surface area is 144 Å². The molecule has 134 valence electrons. The predicted octanol–water partition coefficient (Wildman–Crippen LogP) is 1.18. The second kappa shape index (κ2) is 7.36. The van der Waals surface area contributed by atoms with Crippen LogP contribution in [0.4, 0.5) is 5.69 Å². The van der Waals surface area contributed by atoms with Crippen molar-refractivity contribution in [2.75, 3.05) is 12.4 Å². The molecule has 2 rings (SSSR count).